The van der Waals surface area contributed by atoms with Gasteiger partial charge in [0.2, 0.25) is 0 Å². The highest BCUT2D eigenvalue weighted by Gasteiger charge is 2.70. The van der Waals surface area contributed by atoms with Gasteiger partial charge in [-0.05, 0) is 97.7 Å². The maximum Gasteiger partial charge on any atom is 0.310 e. The van der Waals surface area contributed by atoms with Crippen LogP contribution < -0.4 is 0 Å². The summed E-state index contributed by atoms with van der Waals surface area (Å²) in [4.78, 5) is 12.7. The van der Waals surface area contributed by atoms with Gasteiger partial charge < -0.3 is 15.3 Å². The van der Waals surface area contributed by atoms with E-state index in [2.05, 4.69) is 54.2 Å². The van der Waals surface area contributed by atoms with Gasteiger partial charge in [-0.3, -0.25) is 4.79 Å². The van der Waals surface area contributed by atoms with Crippen LogP contribution in [0.2, 0.25) is 0 Å². The van der Waals surface area contributed by atoms with Crippen molar-refractivity contribution in [3.63, 3.8) is 0 Å². The number of hydrogen-bond donors (Lipinski definition) is 3. The molecular formula is C30H46O4. The summed E-state index contributed by atoms with van der Waals surface area (Å²) in [6.07, 6.45) is 8.20. The second kappa shape index (κ2) is 7.22. The number of aliphatic hydroxyl groups excluding tert-OH is 2. The number of hydrogen-bond acceptors (Lipinski definition) is 3. The van der Waals surface area contributed by atoms with Gasteiger partial charge >= 0.3 is 5.97 Å². The largest absolute Gasteiger partial charge is 0.481 e. The van der Waals surface area contributed by atoms with Gasteiger partial charge in [-0.25, -0.2) is 0 Å². The highest BCUT2D eigenvalue weighted by molar-refractivity contribution is 5.77. The molecule has 0 saturated heterocycles. The van der Waals surface area contributed by atoms with Crippen molar-refractivity contribution in [3.8, 4) is 0 Å². The van der Waals surface area contributed by atoms with Crippen LogP contribution in [-0.2, 0) is 4.79 Å². The fourth-order valence-corrected chi connectivity index (χ4v) is 10.8. The Labute approximate surface area is 205 Å². The van der Waals surface area contributed by atoms with E-state index in [0.29, 0.717) is 18.3 Å². The van der Waals surface area contributed by atoms with Gasteiger partial charge in [0.25, 0.3) is 0 Å². The van der Waals surface area contributed by atoms with Gasteiger partial charge in [-0.15, -0.1) is 0 Å². The first-order chi connectivity index (χ1) is 15.7. The van der Waals surface area contributed by atoms with Crippen LogP contribution in [-0.4, -0.2) is 33.5 Å². The summed E-state index contributed by atoms with van der Waals surface area (Å²) in [6, 6.07) is 0. The van der Waals surface area contributed by atoms with Crippen molar-refractivity contribution in [1.29, 1.82) is 0 Å². The predicted molar refractivity (Wildman–Crippen MR) is 134 cm³/mol. The molecule has 4 nitrogen and oxygen atoms in total. The van der Waals surface area contributed by atoms with E-state index >= 15 is 0 Å². The van der Waals surface area contributed by atoms with Gasteiger partial charge in [-0.1, -0.05) is 58.4 Å². The average molecular weight is 471 g/mol. The zero-order valence-electron chi connectivity index (χ0n) is 22.2. The Hall–Kier alpha value is -1.13. The SMILES string of the molecule is C=C(C)[C@@H]1CC[C@]2(C(=O)O)CC[C@]3(C)C(=CCC4[C@@]5(C)C[C@@H](O)[C@H](O)C(C)(C)C5CC[C@]43C)C12. The van der Waals surface area contributed by atoms with Crippen LogP contribution in [0.15, 0.2) is 23.8 Å². The van der Waals surface area contributed by atoms with Crippen molar-refractivity contribution in [2.75, 3.05) is 0 Å². The van der Waals surface area contributed by atoms with Crippen LogP contribution in [0.3, 0.4) is 0 Å². The van der Waals surface area contributed by atoms with E-state index in [1.165, 1.54) is 5.57 Å². The maximum absolute atomic E-state index is 12.7. The lowest BCUT2D eigenvalue weighted by molar-refractivity contribution is -0.230. The van der Waals surface area contributed by atoms with E-state index in [1.54, 1.807) is 0 Å². The molecular weight excluding hydrogens is 424 g/mol. The van der Waals surface area contributed by atoms with Gasteiger partial charge in [0.15, 0.2) is 0 Å². The Balaban J connectivity index is 1.63. The minimum absolute atomic E-state index is 0.0449. The smallest absolute Gasteiger partial charge is 0.310 e. The van der Waals surface area contributed by atoms with E-state index in [-0.39, 0.29) is 33.5 Å². The molecule has 0 aromatic heterocycles. The molecule has 3 N–H and O–H groups in total. The number of carboxylic acid groups (broad SMARTS) is 1. The number of rotatable bonds is 2. The molecule has 5 aliphatic carbocycles. The molecule has 0 aliphatic heterocycles. The highest BCUT2D eigenvalue weighted by Crippen LogP contribution is 2.76. The minimum Gasteiger partial charge on any atom is -0.481 e. The number of aliphatic carboxylic acids is 1. The van der Waals surface area contributed by atoms with Crippen LogP contribution in [0.4, 0.5) is 0 Å². The van der Waals surface area contributed by atoms with E-state index in [0.717, 1.165) is 50.5 Å². The van der Waals surface area contributed by atoms with Crippen molar-refractivity contribution < 1.29 is 20.1 Å². The highest BCUT2D eigenvalue weighted by atomic mass is 16.4. The summed E-state index contributed by atoms with van der Waals surface area (Å²) in [6.45, 7) is 18.0. The van der Waals surface area contributed by atoms with E-state index < -0.39 is 23.6 Å². The number of fused-ring (bicyclic) bond motifs is 7. The summed E-state index contributed by atoms with van der Waals surface area (Å²) in [5, 5.41) is 32.3. The number of carboxylic acids is 1. The molecule has 4 heteroatoms. The summed E-state index contributed by atoms with van der Waals surface area (Å²) < 4.78 is 0. The molecule has 10 atom stereocenters. The Morgan fingerprint density at radius 1 is 1.00 bits per heavy atom. The second-order valence-electron chi connectivity index (χ2n) is 14.3. The Bertz CT molecular complexity index is 949. The first-order valence-electron chi connectivity index (χ1n) is 13.6. The summed E-state index contributed by atoms with van der Waals surface area (Å²) in [5.74, 6) is 0.472. The van der Waals surface area contributed by atoms with Crippen LogP contribution in [0.1, 0.15) is 92.9 Å². The van der Waals surface area contributed by atoms with E-state index in [4.69, 9.17) is 0 Å². The monoisotopic (exact) mass is 470 g/mol. The molecule has 3 unspecified atom stereocenters. The molecule has 0 bridgehead atoms. The van der Waals surface area contributed by atoms with Crippen molar-refractivity contribution in [2.45, 2.75) is 105 Å². The second-order valence-corrected chi connectivity index (χ2v) is 14.3. The van der Waals surface area contributed by atoms with Crippen molar-refractivity contribution >= 4 is 5.97 Å². The average Bonchev–Trinajstić information content (AvgIpc) is 3.14. The molecule has 0 spiro atoms. The van der Waals surface area contributed by atoms with E-state index in [1.807, 2.05) is 0 Å². The number of carbonyl (C=O) groups is 1. The summed E-state index contributed by atoms with van der Waals surface area (Å²) in [5.41, 5.74) is 1.53. The van der Waals surface area contributed by atoms with Crippen molar-refractivity contribution in [3.05, 3.63) is 23.8 Å². The molecule has 0 aromatic carbocycles. The standard InChI is InChI=1S/C30H46O4/c1-17(2)18-10-13-30(25(33)34)15-14-28(6)19(23(18)30)8-9-22-27(5)16-20(31)24(32)26(3,4)21(27)11-12-29(22,28)7/h8,18,20-24,31-32H,1,9-16H2,2-7H3,(H,33,34)/t18-,20+,21?,22?,23?,24-,27-,28+,29+,30-/m0/s1. The zero-order chi connectivity index (χ0) is 25.1. The van der Waals surface area contributed by atoms with E-state index in [9.17, 15) is 20.1 Å². The molecule has 34 heavy (non-hydrogen) atoms. The van der Waals surface area contributed by atoms with Gasteiger partial charge in [0.1, 0.15) is 0 Å². The van der Waals surface area contributed by atoms with Gasteiger partial charge in [0.05, 0.1) is 17.6 Å². The van der Waals surface area contributed by atoms with Crippen molar-refractivity contribution in [2.24, 2.45) is 50.7 Å². The predicted octanol–water partition coefficient (Wildman–Crippen LogP) is 5.98. The molecule has 4 fully saturated rings. The zero-order valence-corrected chi connectivity index (χ0v) is 22.2. The molecule has 5 rings (SSSR count). The Morgan fingerprint density at radius 2 is 1.68 bits per heavy atom. The molecule has 0 amide bonds. The number of aliphatic hydroxyl groups is 2. The molecule has 4 saturated carbocycles. The lowest BCUT2D eigenvalue weighted by Crippen LogP contribution is -2.66. The summed E-state index contributed by atoms with van der Waals surface area (Å²) in [7, 11) is 0. The fourth-order valence-electron chi connectivity index (χ4n) is 10.8. The molecule has 5 aliphatic rings. The van der Waals surface area contributed by atoms with Crippen LogP contribution in [0.5, 0.6) is 0 Å². The first-order valence-corrected chi connectivity index (χ1v) is 13.6. The van der Waals surface area contributed by atoms with Crippen LogP contribution >= 0.6 is 0 Å². The summed E-state index contributed by atoms with van der Waals surface area (Å²) >= 11 is 0. The topological polar surface area (TPSA) is 77.8 Å². The van der Waals surface area contributed by atoms with Crippen LogP contribution in [0, 0.1) is 50.7 Å². The quantitative estimate of drug-likeness (QED) is 0.434. The third kappa shape index (κ3) is 2.71. The molecule has 190 valence electrons. The molecule has 0 aromatic rings. The fraction of sp³-hybridized carbons (Fsp3) is 0.833. The normalized spacial score (nSPS) is 53.6. The Kier molecular flexibility index (Phi) is 5.21. The third-order valence-electron chi connectivity index (χ3n) is 12.8. The van der Waals surface area contributed by atoms with Crippen molar-refractivity contribution in [1.82, 2.24) is 0 Å². The minimum atomic E-state index is -0.689. The molecule has 0 heterocycles. The third-order valence-corrected chi connectivity index (χ3v) is 12.8. The lowest BCUT2D eigenvalue weighted by Gasteiger charge is -2.70. The lowest BCUT2D eigenvalue weighted by atomic mass is 9.34. The Morgan fingerprint density at radius 3 is 2.29 bits per heavy atom. The molecule has 0 radical (unpaired) electrons. The van der Waals surface area contributed by atoms with Crippen LogP contribution in [0.25, 0.3) is 0 Å². The van der Waals surface area contributed by atoms with Gasteiger partial charge in [0, 0.05) is 5.92 Å². The maximum atomic E-state index is 12.7. The number of allylic oxidation sites excluding steroid dienone is 3. The first kappa shape index (κ1) is 24.6. The van der Waals surface area contributed by atoms with Gasteiger partial charge in [-0.2, -0.15) is 0 Å².